The van der Waals surface area contributed by atoms with Crippen molar-refractivity contribution in [3.8, 4) is 0 Å². The van der Waals surface area contributed by atoms with E-state index in [9.17, 15) is 0 Å². The van der Waals surface area contributed by atoms with Crippen LogP contribution >= 0.6 is 0 Å². The van der Waals surface area contributed by atoms with Crippen molar-refractivity contribution in [1.82, 2.24) is 0 Å². The van der Waals surface area contributed by atoms with E-state index in [-0.39, 0.29) is 0 Å². The lowest BCUT2D eigenvalue weighted by Crippen LogP contribution is -2.23. The van der Waals surface area contributed by atoms with E-state index in [0.29, 0.717) is 12.0 Å². The molecule has 0 N–H and O–H groups in total. The van der Waals surface area contributed by atoms with E-state index in [1.165, 1.54) is 128 Å². The van der Waals surface area contributed by atoms with E-state index in [1.54, 1.807) is 0 Å². The molecule has 33 heavy (non-hydrogen) atoms. The fourth-order valence-corrected chi connectivity index (χ4v) is 5.20. The third-order valence-corrected chi connectivity index (χ3v) is 7.36. The molecule has 0 amide bonds. The number of benzene rings is 1. The summed E-state index contributed by atoms with van der Waals surface area (Å²) < 4.78 is 12.2. The summed E-state index contributed by atoms with van der Waals surface area (Å²) in [6.07, 6.45) is 26.9. The SMILES string of the molecule is CCCCCCCCCCCCCCCCCCO[C@H]1CCC[C@H]1COCc1ccccc1. The second-order valence-corrected chi connectivity index (χ2v) is 10.4. The highest BCUT2D eigenvalue weighted by Gasteiger charge is 2.27. The first-order valence-corrected chi connectivity index (χ1v) is 14.6. The van der Waals surface area contributed by atoms with Gasteiger partial charge in [-0.3, -0.25) is 0 Å². The number of unbranched alkanes of at least 4 members (excludes halogenated alkanes) is 15. The second-order valence-electron chi connectivity index (χ2n) is 10.4. The smallest absolute Gasteiger partial charge is 0.0717 e. The highest BCUT2D eigenvalue weighted by molar-refractivity contribution is 5.13. The average Bonchev–Trinajstić information content (AvgIpc) is 3.29. The van der Waals surface area contributed by atoms with Crippen LogP contribution in [0.5, 0.6) is 0 Å². The molecule has 0 bridgehead atoms. The van der Waals surface area contributed by atoms with Gasteiger partial charge in [0.1, 0.15) is 0 Å². The van der Waals surface area contributed by atoms with E-state index in [1.807, 2.05) is 0 Å². The molecule has 2 rings (SSSR count). The zero-order valence-electron chi connectivity index (χ0n) is 21.9. The normalized spacial score (nSPS) is 18.2. The number of ether oxygens (including phenoxy) is 2. The molecular formula is C31H54O2. The Labute approximate surface area is 206 Å². The lowest BCUT2D eigenvalue weighted by molar-refractivity contribution is -0.0119. The van der Waals surface area contributed by atoms with Gasteiger partial charge in [-0.1, -0.05) is 140 Å². The molecule has 0 saturated heterocycles. The Hall–Kier alpha value is -0.860. The molecule has 0 unspecified atom stereocenters. The standard InChI is InChI=1S/C31H54O2/c1-2-3-4-5-6-7-8-9-10-11-12-13-14-15-16-20-26-33-31-25-21-24-30(31)28-32-27-29-22-18-17-19-23-29/h17-19,22-23,30-31H,2-16,20-21,24-28H2,1H3/t30-,31-/m0/s1. The summed E-state index contributed by atoms with van der Waals surface area (Å²) in [5.74, 6) is 0.592. The maximum absolute atomic E-state index is 6.26. The molecular weight excluding hydrogens is 404 g/mol. The van der Waals surface area contributed by atoms with Crippen LogP contribution in [0.3, 0.4) is 0 Å². The van der Waals surface area contributed by atoms with Crippen LogP contribution in [0, 0.1) is 5.92 Å². The van der Waals surface area contributed by atoms with Crippen LogP contribution in [-0.2, 0) is 16.1 Å². The molecule has 1 aromatic rings. The Morgan fingerprint density at radius 3 is 1.79 bits per heavy atom. The number of hydrogen-bond acceptors (Lipinski definition) is 2. The maximum atomic E-state index is 6.26. The van der Waals surface area contributed by atoms with Gasteiger partial charge in [0.15, 0.2) is 0 Å². The quantitative estimate of drug-likeness (QED) is 0.161. The first-order chi connectivity index (χ1) is 16.4. The predicted molar refractivity (Wildman–Crippen MR) is 143 cm³/mol. The van der Waals surface area contributed by atoms with E-state index in [4.69, 9.17) is 9.47 Å². The highest BCUT2D eigenvalue weighted by atomic mass is 16.5. The first kappa shape index (κ1) is 28.4. The fourth-order valence-electron chi connectivity index (χ4n) is 5.20. The van der Waals surface area contributed by atoms with Gasteiger partial charge in [0.05, 0.1) is 19.3 Å². The summed E-state index contributed by atoms with van der Waals surface area (Å²) in [5, 5.41) is 0. The molecule has 2 nitrogen and oxygen atoms in total. The highest BCUT2D eigenvalue weighted by Crippen LogP contribution is 2.29. The topological polar surface area (TPSA) is 18.5 Å². The third-order valence-electron chi connectivity index (χ3n) is 7.36. The van der Waals surface area contributed by atoms with Crippen LogP contribution in [0.25, 0.3) is 0 Å². The zero-order chi connectivity index (χ0) is 23.2. The predicted octanol–water partition coefficient (Wildman–Crippen LogP) is 9.65. The minimum absolute atomic E-state index is 0.428. The third kappa shape index (κ3) is 14.9. The summed E-state index contributed by atoms with van der Waals surface area (Å²) in [7, 11) is 0. The van der Waals surface area contributed by atoms with Crippen molar-refractivity contribution >= 4 is 0 Å². The summed E-state index contributed by atoms with van der Waals surface area (Å²) in [6, 6.07) is 10.5. The lowest BCUT2D eigenvalue weighted by atomic mass is 10.0. The van der Waals surface area contributed by atoms with Gasteiger partial charge in [-0.05, 0) is 24.8 Å². The van der Waals surface area contributed by atoms with Crippen molar-refractivity contribution in [3.63, 3.8) is 0 Å². The van der Waals surface area contributed by atoms with Gasteiger partial charge in [-0.15, -0.1) is 0 Å². The van der Waals surface area contributed by atoms with Crippen LogP contribution < -0.4 is 0 Å². The molecule has 0 aliphatic heterocycles. The van der Waals surface area contributed by atoms with E-state index < -0.39 is 0 Å². The van der Waals surface area contributed by atoms with Crippen LogP contribution in [0.2, 0.25) is 0 Å². The number of rotatable bonds is 22. The molecule has 1 fully saturated rings. The molecule has 1 aliphatic carbocycles. The Kier molecular flexibility index (Phi) is 17.6. The van der Waals surface area contributed by atoms with Crippen molar-refractivity contribution in [3.05, 3.63) is 35.9 Å². The van der Waals surface area contributed by atoms with Crippen molar-refractivity contribution in [2.75, 3.05) is 13.2 Å². The van der Waals surface area contributed by atoms with Crippen LogP contribution in [-0.4, -0.2) is 19.3 Å². The van der Waals surface area contributed by atoms with Gasteiger partial charge >= 0.3 is 0 Å². The Morgan fingerprint density at radius 2 is 1.21 bits per heavy atom. The van der Waals surface area contributed by atoms with Crippen LogP contribution in [0.1, 0.15) is 134 Å². The van der Waals surface area contributed by atoms with Gasteiger partial charge in [-0.25, -0.2) is 0 Å². The second kappa shape index (κ2) is 20.5. The van der Waals surface area contributed by atoms with Crippen molar-refractivity contribution in [1.29, 1.82) is 0 Å². The minimum atomic E-state index is 0.428. The molecule has 1 saturated carbocycles. The summed E-state index contributed by atoms with van der Waals surface area (Å²) >= 11 is 0. The molecule has 0 heterocycles. The summed E-state index contributed by atoms with van der Waals surface area (Å²) in [6.45, 7) is 4.81. The Morgan fingerprint density at radius 1 is 0.667 bits per heavy atom. The average molecular weight is 459 g/mol. The molecule has 2 atom stereocenters. The van der Waals surface area contributed by atoms with Gasteiger partial charge in [0.25, 0.3) is 0 Å². The first-order valence-electron chi connectivity index (χ1n) is 14.6. The van der Waals surface area contributed by atoms with Gasteiger partial charge in [0, 0.05) is 12.5 Å². The molecule has 2 heteroatoms. The van der Waals surface area contributed by atoms with Gasteiger partial charge in [-0.2, -0.15) is 0 Å². The van der Waals surface area contributed by atoms with E-state index in [0.717, 1.165) is 19.8 Å². The molecule has 0 aromatic heterocycles. The molecule has 0 radical (unpaired) electrons. The molecule has 1 aromatic carbocycles. The molecule has 0 spiro atoms. The molecule has 1 aliphatic rings. The van der Waals surface area contributed by atoms with Crippen molar-refractivity contribution in [2.45, 2.75) is 142 Å². The van der Waals surface area contributed by atoms with Gasteiger partial charge in [0.2, 0.25) is 0 Å². The largest absolute Gasteiger partial charge is 0.378 e. The van der Waals surface area contributed by atoms with E-state index >= 15 is 0 Å². The molecule has 190 valence electrons. The number of hydrogen-bond donors (Lipinski definition) is 0. The van der Waals surface area contributed by atoms with Crippen LogP contribution in [0.15, 0.2) is 30.3 Å². The van der Waals surface area contributed by atoms with E-state index in [2.05, 4.69) is 37.3 Å². The summed E-state index contributed by atoms with van der Waals surface area (Å²) in [5.41, 5.74) is 1.26. The van der Waals surface area contributed by atoms with Crippen molar-refractivity contribution < 1.29 is 9.47 Å². The van der Waals surface area contributed by atoms with Gasteiger partial charge < -0.3 is 9.47 Å². The minimum Gasteiger partial charge on any atom is -0.378 e. The Balaban J connectivity index is 1.32. The van der Waals surface area contributed by atoms with Crippen LogP contribution in [0.4, 0.5) is 0 Å². The summed E-state index contributed by atoms with van der Waals surface area (Å²) in [4.78, 5) is 0. The lowest BCUT2D eigenvalue weighted by Gasteiger charge is -2.20. The zero-order valence-corrected chi connectivity index (χ0v) is 21.9. The monoisotopic (exact) mass is 458 g/mol. The van der Waals surface area contributed by atoms with Crippen molar-refractivity contribution in [2.24, 2.45) is 5.92 Å². The Bertz CT molecular complexity index is 529. The fraction of sp³-hybridized carbons (Fsp3) is 0.806. The maximum Gasteiger partial charge on any atom is 0.0717 e.